The van der Waals surface area contributed by atoms with E-state index in [1.165, 1.54) is 21.1 Å². The zero-order valence-corrected chi connectivity index (χ0v) is 12.0. The second-order valence-corrected chi connectivity index (χ2v) is 6.72. The number of thiazole rings is 1. The Hall–Kier alpha value is -1.48. The minimum absolute atomic E-state index is 0.705. The van der Waals surface area contributed by atoms with Gasteiger partial charge in [-0.25, -0.2) is 4.98 Å². The second-order valence-electron chi connectivity index (χ2n) is 3.69. The largest absolute Gasteiger partial charge is 0.239 e. The van der Waals surface area contributed by atoms with E-state index in [-0.39, 0.29) is 0 Å². The molecule has 0 aliphatic heterocycles. The second kappa shape index (κ2) is 4.65. The van der Waals surface area contributed by atoms with E-state index >= 15 is 0 Å². The molecule has 0 aliphatic rings. The van der Waals surface area contributed by atoms with Gasteiger partial charge in [0, 0.05) is 9.75 Å². The van der Waals surface area contributed by atoms with Crippen molar-refractivity contribution in [3.8, 4) is 25.7 Å². The number of aryl methyl sites for hydroxylation is 1. The number of thiophene rings is 2. The highest BCUT2D eigenvalue weighted by Crippen LogP contribution is 2.38. The van der Waals surface area contributed by atoms with Crippen LogP contribution in [0.15, 0.2) is 29.6 Å². The summed E-state index contributed by atoms with van der Waals surface area (Å²) in [7, 11) is 0. The lowest BCUT2D eigenvalue weighted by molar-refractivity contribution is 1.26. The zero-order chi connectivity index (χ0) is 12.5. The van der Waals surface area contributed by atoms with Crippen LogP contribution < -0.4 is 0 Å². The molecule has 0 spiro atoms. The van der Waals surface area contributed by atoms with Crippen LogP contribution in [0, 0.1) is 18.3 Å². The van der Waals surface area contributed by atoms with Crippen LogP contribution in [0.25, 0.3) is 19.6 Å². The van der Waals surface area contributed by atoms with E-state index in [0.29, 0.717) is 4.88 Å². The lowest BCUT2D eigenvalue weighted by Crippen LogP contribution is -1.73. The van der Waals surface area contributed by atoms with Crippen molar-refractivity contribution < 1.29 is 0 Å². The summed E-state index contributed by atoms with van der Waals surface area (Å²) in [4.78, 5) is 8.83. The van der Waals surface area contributed by atoms with Gasteiger partial charge in [-0.2, -0.15) is 5.26 Å². The number of nitriles is 1. The summed E-state index contributed by atoms with van der Waals surface area (Å²) in [6.07, 6.45) is 0. The molecule has 0 aromatic carbocycles. The minimum atomic E-state index is 0.705. The average Bonchev–Trinajstić information content (AvgIpc) is 3.08. The molecule has 0 fully saturated rings. The van der Waals surface area contributed by atoms with Gasteiger partial charge in [0.05, 0.1) is 10.6 Å². The topological polar surface area (TPSA) is 36.7 Å². The van der Waals surface area contributed by atoms with Crippen LogP contribution >= 0.6 is 34.0 Å². The molecule has 0 atom stereocenters. The van der Waals surface area contributed by atoms with Crippen molar-refractivity contribution in [3.63, 3.8) is 0 Å². The van der Waals surface area contributed by atoms with Crippen LogP contribution in [0.5, 0.6) is 0 Å². The van der Waals surface area contributed by atoms with Crippen LogP contribution in [-0.2, 0) is 0 Å². The summed E-state index contributed by atoms with van der Waals surface area (Å²) < 4.78 is 0. The Morgan fingerprint density at radius 2 is 1.94 bits per heavy atom. The van der Waals surface area contributed by atoms with Gasteiger partial charge in [-0.3, -0.25) is 0 Å². The fraction of sp³-hybridized carbons (Fsp3) is 0.0769. The highest BCUT2D eigenvalue weighted by molar-refractivity contribution is 7.26. The average molecular weight is 288 g/mol. The molecule has 3 aromatic heterocycles. The Morgan fingerprint density at radius 3 is 2.61 bits per heavy atom. The van der Waals surface area contributed by atoms with Crippen molar-refractivity contribution in [2.75, 3.05) is 0 Å². The molecule has 0 saturated heterocycles. The first kappa shape index (κ1) is 11.6. The summed E-state index contributed by atoms with van der Waals surface area (Å²) in [6.45, 7) is 1.88. The van der Waals surface area contributed by atoms with Crippen LogP contribution in [0.4, 0.5) is 0 Å². The first-order chi connectivity index (χ1) is 8.78. The lowest BCUT2D eigenvalue weighted by Gasteiger charge is -1.89. The first-order valence-corrected chi connectivity index (χ1v) is 7.81. The van der Waals surface area contributed by atoms with Crippen LogP contribution in [-0.4, -0.2) is 4.98 Å². The summed E-state index contributed by atoms with van der Waals surface area (Å²) in [5.41, 5.74) is 0.823. The standard InChI is InChI=1S/C13H8N2S3/c1-8-12(7-14)18-13(15-8)11-5-4-10(17-11)9-3-2-6-16-9/h2-6H,1H3. The molecule has 88 valence electrons. The van der Waals surface area contributed by atoms with Gasteiger partial charge in [0.25, 0.3) is 0 Å². The Morgan fingerprint density at radius 1 is 1.11 bits per heavy atom. The van der Waals surface area contributed by atoms with E-state index in [1.807, 2.05) is 6.92 Å². The Bertz CT molecular complexity index is 714. The number of rotatable bonds is 2. The minimum Gasteiger partial charge on any atom is -0.239 e. The van der Waals surface area contributed by atoms with E-state index in [1.54, 1.807) is 22.7 Å². The molecule has 0 bridgehead atoms. The SMILES string of the molecule is Cc1nc(-c2ccc(-c3cccs3)s2)sc1C#N. The lowest BCUT2D eigenvalue weighted by atomic mass is 10.4. The monoisotopic (exact) mass is 288 g/mol. The third-order valence-electron chi connectivity index (χ3n) is 2.48. The predicted octanol–water partition coefficient (Wildman–Crippen LogP) is 4.78. The summed E-state index contributed by atoms with van der Waals surface area (Å²) in [5.74, 6) is 0. The fourth-order valence-electron chi connectivity index (χ4n) is 1.61. The highest BCUT2D eigenvalue weighted by Gasteiger charge is 2.11. The van der Waals surface area contributed by atoms with Gasteiger partial charge in [0.15, 0.2) is 0 Å². The van der Waals surface area contributed by atoms with Gasteiger partial charge in [-0.15, -0.1) is 34.0 Å². The molecule has 0 amide bonds. The molecule has 5 heteroatoms. The molecule has 0 aliphatic carbocycles. The van der Waals surface area contributed by atoms with Gasteiger partial charge < -0.3 is 0 Å². The number of hydrogen-bond acceptors (Lipinski definition) is 5. The maximum absolute atomic E-state index is 8.96. The molecule has 3 aromatic rings. The third-order valence-corrected chi connectivity index (χ3v) is 5.86. The molecule has 2 nitrogen and oxygen atoms in total. The predicted molar refractivity (Wildman–Crippen MR) is 78.2 cm³/mol. The third kappa shape index (κ3) is 1.99. The smallest absolute Gasteiger partial charge is 0.134 e. The molecule has 0 saturated carbocycles. The molecule has 3 rings (SSSR count). The van der Waals surface area contributed by atoms with E-state index in [2.05, 4.69) is 40.7 Å². The number of nitrogens with zero attached hydrogens (tertiary/aromatic N) is 2. The van der Waals surface area contributed by atoms with Crippen molar-refractivity contribution in [1.82, 2.24) is 4.98 Å². The highest BCUT2D eigenvalue weighted by atomic mass is 32.1. The van der Waals surface area contributed by atoms with Crippen LogP contribution in [0.2, 0.25) is 0 Å². The van der Waals surface area contributed by atoms with Crippen molar-refractivity contribution in [2.45, 2.75) is 6.92 Å². The van der Waals surface area contributed by atoms with Crippen LogP contribution in [0.3, 0.4) is 0 Å². The van der Waals surface area contributed by atoms with E-state index < -0.39 is 0 Å². The normalized spacial score (nSPS) is 10.4. The quantitative estimate of drug-likeness (QED) is 0.680. The fourth-order valence-corrected chi connectivity index (χ4v) is 4.37. The molecule has 3 heterocycles. The number of aromatic nitrogens is 1. The van der Waals surface area contributed by atoms with Gasteiger partial charge in [0.2, 0.25) is 0 Å². The van der Waals surface area contributed by atoms with Gasteiger partial charge in [0.1, 0.15) is 16.0 Å². The molecule has 0 unspecified atom stereocenters. The molecule has 18 heavy (non-hydrogen) atoms. The Labute approximate surface area is 117 Å². The van der Waals surface area contributed by atoms with Gasteiger partial charge >= 0.3 is 0 Å². The molecular weight excluding hydrogens is 280 g/mol. The van der Waals surface area contributed by atoms with Gasteiger partial charge in [-0.1, -0.05) is 6.07 Å². The van der Waals surface area contributed by atoms with E-state index in [9.17, 15) is 0 Å². The maximum atomic E-state index is 8.96. The molecular formula is C13H8N2S3. The van der Waals surface area contributed by atoms with E-state index in [0.717, 1.165) is 15.6 Å². The zero-order valence-electron chi connectivity index (χ0n) is 9.51. The summed E-state index contributed by atoms with van der Waals surface area (Å²) in [5, 5.41) is 12.0. The molecule has 0 radical (unpaired) electrons. The van der Waals surface area contributed by atoms with Crippen molar-refractivity contribution in [1.29, 1.82) is 5.26 Å². The first-order valence-electron chi connectivity index (χ1n) is 5.29. The Balaban J connectivity index is 2.01. The number of hydrogen-bond donors (Lipinski definition) is 0. The summed E-state index contributed by atoms with van der Waals surface area (Å²) in [6, 6.07) is 10.6. The maximum Gasteiger partial charge on any atom is 0.134 e. The van der Waals surface area contributed by atoms with Crippen LogP contribution in [0.1, 0.15) is 10.6 Å². The van der Waals surface area contributed by atoms with Crippen molar-refractivity contribution in [3.05, 3.63) is 40.2 Å². The molecule has 0 N–H and O–H groups in total. The van der Waals surface area contributed by atoms with E-state index in [4.69, 9.17) is 5.26 Å². The van der Waals surface area contributed by atoms with Gasteiger partial charge in [-0.05, 0) is 30.5 Å². The van der Waals surface area contributed by atoms with Crippen molar-refractivity contribution >= 4 is 34.0 Å². The summed E-state index contributed by atoms with van der Waals surface area (Å²) >= 11 is 4.93. The Kier molecular flexibility index (Phi) is 3.00. The van der Waals surface area contributed by atoms with Crippen molar-refractivity contribution in [2.24, 2.45) is 0 Å².